The number of likely N-dealkylation sites (tertiary alicyclic amines) is 1. The van der Waals surface area contributed by atoms with Crippen LogP contribution < -0.4 is 5.32 Å². The van der Waals surface area contributed by atoms with Gasteiger partial charge in [-0.3, -0.25) is 4.90 Å². The van der Waals surface area contributed by atoms with Gasteiger partial charge in [0.05, 0.1) is 6.07 Å². The Morgan fingerprint density at radius 2 is 1.89 bits per heavy atom. The smallest absolute Gasteiger partial charge is 0.109 e. The number of hydrogen-bond acceptors (Lipinski definition) is 3. The molecule has 1 saturated carbocycles. The Balaban J connectivity index is 1.93. The van der Waals surface area contributed by atoms with Gasteiger partial charge in [-0.1, -0.05) is 12.8 Å². The van der Waals surface area contributed by atoms with E-state index in [1.165, 1.54) is 38.5 Å². The highest BCUT2D eigenvalue weighted by Crippen LogP contribution is 2.38. The van der Waals surface area contributed by atoms with Gasteiger partial charge in [0.2, 0.25) is 0 Å². The second kappa shape index (κ2) is 6.24. The van der Waals surface area contributed by atoms with Gasteiger partial charge in [0.15, 0.2) is 0 Å². The Labute approximate surface area is 118 Å². The second-order valence-corrected chi connectivity index (χ2v) is 6.58. The zero-order valence-electron chi connectivity index (χ0n) is 12.8. The fraction of sp³-hybridized carbons (Fsp3) is 0.938. The average Bonchev–Trinajstić information content (AvgIpc) is 2.82. The molecule has 19 heavy (non-hydrogen) atoms. The highest BCUT2D eigenvalue weighted by Gasteiger charge is 2.42. The quantitative estimate of drug-likeness (QED) is 0.847. The molecular weight excluding hydrogens is 234 g/mol. The third-order valence-electron chi connectivity index (χ3n) is 5.58. The molecule has 1 heterocycles. The Kier molecular flexibility index (Phi) is 4.86. The van der Waals surface area contributed by atoms with Crippen LogP contribution in [0.25, 0.3) is 0 Å². The van der Waals surface area contributed by atoms with E-state index in [4.69, 9.17) is 0 Å². The Bertz CT molecular complexity index is 325. The van der Waals surface area contributed by atoms with Crippen molar-refractivity contribution in [1.82, 2.24) is 10.2 Å². The van der Waals surface area contributed by atoms with Crippen molar-refractivity contribution in [1.29, 1.82) is 5.26 Å². The molecular formula is C16H29N3. The highest BCUT2D eigenvalue weighted by atomic mass is 15.2. The first kappa shape index (κ1) is 14.8. The van der Waals surface area contributed by atoms with Gasteiger partial charge in [0, 0.05) is 12.1 Å². The van der Waals surface area contributed by atoms with Crippen LogP contribution in [-0.4, -0.2) is 36.1 Å². The molecule has 3 nitrogen and oxygen atoms in total. The van der Waals surface area contributed by atoms with Crippen LogP contribution in [0.4, 0.5) is 0 Å². The molecule has 2 rings (SSSR count). The van der Waals surface area contributed by atoms with Crippen molar-refractivity contribution in [3.05, 3.63) is 0 Å². The summed E-state index contributed by atoms with van der Waals surface area (Å²) in [6.07, 6.45) is 8.66. The summed E-state index contributed by atoms with van der Waals surface area (Å²) in [7, 11) is 1.95. The van der Waals surface area contributed by atoms with Crippen molar-refractivity contribution in [2.45, 2.75) is 76.4 Å². The minimum Gasteiger partial charge on any atom is -0.302 e. The standard InChI is InChI=1S/C16H29N3/c1-13-6-4-7-14(2)19(13)11-9-15-8-5-10-16(15,12-17)18-3/h13-15,18H,4-11H2,1-3H3/t13-,14+,15?,16?. The van der Waals surface area contributed by atoms with Crippen LogP contribution in [-0.2, 0) is 0 Å². The molecule has 0 aromatic heterocycles. The second-order valence-electron chi connectivity index (χ2n) is 6.58. The van der Waals surface area contributed by atoms with Gasteiger partial charge in [0.25, 0.3) is 0 Å². The highest BCUT2D eigenvalue weighted by molar-refractivity contribution is 5.13. The van der Waals surface area contributed by atoms with Crippen molar-refractivity contribution in [3.63, 3.8) is 0 Å². The van der Waals surface area contributed by atoms with Crippen molar-refractivity contribution >= 4 is 0 Å². The third kappa shape index (κ3) is 2.95. The van der Waals surface area contributed by atoms with Gasteiger partial charge < -0.3 is 5.32 Å². The van der Waals surface area contributed by atoms with E-state index in [0.717, 1.165) is 25.0 Å². The van der Waals surface area contributed by atoms with E-state index >= 15 is 0 Å². The summed E-state index contributed by atoms with van der Waals surface area (Å²) in [5, 5.41) is 12.8. The molecule has 3 heteroatoms. The van der Waals surface area contributed by atoms with Crippen molar-refractivity contribution in [2.24, 2.45) is 5.92 Å². The lowest BCUT2D eigenvalue weighted by atomic mass is 9.85. The lowest BCUT2D eigenvalue weighted by Crippen LogP contribution is -2.48. The molecule has 0 radical (unpaired) electrons. The minimum atomic E-state index is -0.248. The lowest BCUT2D eigenvalue weighted by molar-refractivity contribution is 0.0919. The van der Waals surface area contributed by atoms with Gasteiger partial charge in [-0.25, -0.2) is 0 Å². The minimum absolute atomic E-state index is 0.248. The third-order valence-corrected chi connectivity index (χ3v) is 5.58. The Hall–Kier alpha value is -0.590. The van der Waals surface area contributed by atoms with Crippen LogP contribution in [0.2, 0.25) is 0 Å². The van der Waals surface area contributed by atoms with Gasteiger partial charge in [-0.2, -0.15) is 5.26 Å². The van der Waals surface area contributed by atoms with Gasteiger partial charge in [-0.15, -0.1) is 0 Å². The molecule has 0 bridgehead atoms. The summed E-state index contributed by atoms with van der Waals surface area (Å²) in [5.41, 5.74) is -0.248. The van der Waals surface area contributed by atoms with Gasteiger partial charge >= 0.3 is 0 Å². The monoisotopic (exact) mass is 263 g/mol. The molecule has 2 aliphatic rings. The van der Waals surface area contributed by atoms with Crippen LogP contribution in [0.1, 0.15) is 58.8 Å². The summed E-state index contributed by atoms with van der Waals surface area (Å²) in [4.78, 5) is 2.67. The number of rotatable bonds is 4. The summed E-state index contributed by atoms with van der Waals surface area (Å²) >= 11 is 0. The van der Waals surface area contributed by atoms with E-state index in [0.29, 0.717) is 5.92 Å². The van der Waals surface area contributed by atoms with E-state index in [1.54, 1.807) is 0 Å². The van der Waals surface area contributed by atoms with Gasteiger partial charge in [-0.05, 0) is 65.5 Å². The summed E-state index contributed by atoms with van der Waals surface area (Å²) in [6.45, 7) is 5.89. The van der Waals surface area contributed by atoms with Crippen molar-refractivity contribution < 1.29 is 0 Å². The van der Waals surface area contributed by atoms with Crippen molar-refractivity contribution in [3.8, 4) is 6.07 Å². The molecule has 4 atom stereocenters. The van der Waals surface area contributed by atoms with E-state index in [9.17, 15) is 5.26 Å². The maximum absolute atomic E-state index is 9.50. The molecule has 1 aliphatic carbocycles. The predicted octanol–water partition coefficient (Wildman–Crippen LogP) is 2.92. The predicted molar refractivity (Wildman–Crippen MR) is 78.8 cm³/mol. The number of hydrogen-bond donors (Lipinski definition) is 1. The van der Waals surface area contributed by atoms with E-state index in [2.05, 4.69) is 30.1 Å². The SMILES string of the molecule is CNC1(C#N)CCCC1CCN1[C@H](C)CCC[C@@H]1C. The average molecular weight is 263 g/mol. The number of nitrogens with one attached hydrogen (secondary N) is 1. The molecule has 1 aliphatic heterocycles. The molecule has 0 aromatic carbocycles. The topological polar surface area (TPSA) is 39.1 Å². The van der Waals surface area contributed by atoms with Crippen LogP contribution >= 0.6 is 0 Å². The number of nitrogens with zero attached hydrogens (tertiary/aromatic N) is 2. The Morgan fingerprint density at radius 1 is 1.21 bits per heavy atom. The number of piperidine rings is 1. The fourth-order valence-electron chi connectivity index (χ4n) is 4.22. The zero-order valence-corrected chi connectivity index (χ0v) is 12.8. The molecule has 108 valence electrons. The van der Waals surface area contributed by atoms with Crippen LogP contribution in [0.5, 0.6) is 0 Å². The first-order chi connectivity index (χ1) is 9.13. The Morgan fingerprint density at radius 3 is 2.47 bits per heavy atom. The van der Waals surface area contributed by atoms with Crippen LogP contribution in [0, 0.1) is 17.2 Å². The zero-order chi connectivity index (χ0) is 13.9. The molecule has 0 amide bonds. The first-order valence-corrected chi connectivity index (χ1v) is 7.99. The fourth-order valence-corrected chi connectivity index (χ4v) is 4.22. The lowest BCUT2D eigenvalue weighted by Gasteiger charge is -2.40. The summed E-state index contributed by atoms with van der Waals surface area (Å²) in [5.74, 6) is 0.531. The summed E-state index contributed by atoms with van der Waals surface area (Å²) < 4.78 is 0. The van der Waals surface area contributed by atoms with Gasteiger partial charge in [0.1, 0.15) is 5.54 Å². The number of nitriles is 1. The van der Waals surface area contributed by atoms with E-state index < -0.39 is 0 Å². The molecule has 2 fully saturated rings. The molecule has 0 aromatic rings. The largest absolute Gasteiger partial charge is 0.302 e. The maximum atomic E-state index is 9.50. The molecule has 2 unspecified atom stereocenters. The normalized spacial score (nSPS) is 40.2. The maximum Gasteiger partial charge on any atom is 0.109 e. The summed E-state index contributed by atoms with van der Waals surface area (Å²) in [6, 6.07) is 4.00. The molecule has 1 saturated heterocycles. The van der Waals surface area contributed by atoms with Crippen LogP contribution in [0.15, 0.2) is 0 Å². The van der Waals surface area contributed by atoms with E-state index in [-0.39, 0.29) is 5.54 Å². The van der Waals surface area contributed by atoms with E-state index in [1.807, 2.05) is 7.05 Å². The van der Waals surface area contributed by atoms with Crippen molar-refractivity contribution in [2.75, 3.05) is 13.6 Å². The molecule has 1 N–H and O–H groups in total. The van der Waals surface area contributed by atoms with Crippen LogP contribution in [0.3, 0.4) is 0 Å². The molecule has 0 spiro atoms. The first-order valence-electron chi connectivity index (χ1n) is 7.99.